The van der Waals surface area contributed by atoms with Crippen LogP contribution in [0.25, 0.3) is 0 Å². The first-order chi connectivity index (χ1) is 6.29. The van der Waals surface area contributed by atoms with Crippen LogP contribution in [0.3, 0.4) is 0 Å². The summed E-state index contributed by atoms with van der Waals surface area (Å²) in [6.45, 7) is 3.41. The SMILES string of the molecule is Cn1cc(CN2CCC2)cc1C#N. The molecule has 0 aromatic carbocycles. The molecule has 0 spiro atoms. The lowest BCUT2D eigenvalue weighted by Crippen LogP contribution is -2.36. The lowest BCUT2D eigenvalue weighted by Gasteiger charge is -2.30. The van der Waals surface area contributed by atoms with Crippen molar-refractivity contribution >= 4 is 0 Å². The van der Waals surface area contributed by atoms with Crippen molar-refractivity contribution in [1.29, 1.82) is 5.26 Å². The van der Waals surface area contributed by atoms with E-state index in [1.54, 1.807) is 0 Å². The van der Waals surface area contributed by atoms with E-state index in [-0.39, 0.29) is 0 Å². The third-order valence-electron chi connectivity index (χ3n) is 2.53. The first-order valence-corrected chi connectivity index (χ1v) is 4.57. The smallest absolute Gasteiger partial charge is 0.120 e. The van der Waals surface area contributed by atoms with Gasteiger partial charge in [0.2, 0.25) is 0 Å². The predicted octanol–water partition coefficient (Wildman–Crippen LogP) is 1.10. The van der Waals surface area contributed by atoms with E-state index in [1.165, 1.54) is 25.1 Å². The Hall–Kier alpha value is -1.27. The van der Waals surface area contributed by atoms with Gasteiger partial charge in [-0.25, -0.2) is 0 Å². The molecule has 2 heterocycles. The van der Waals surface area contributed by atoms with Crippen molar-refractivity contribution in [2.75, 3.05) is 13.1 Å². The number of likely N-dealkylation sites (tertiary alicyclic amines) is 1. The molecule has 0 aliphatic carbocycles. The summed E-state index contributed by atoms with van der Waals surface area (Å²) >= 11 is 0. The molecular weight excluding hydrogens is 162 g/mol. The van der Waals surface area contributed by atoms with Crippen LogP contribution in [0.4, 0.5) is 0 Å². The Morgan fingerprint density at radius 1 is 1.54 bits per heavy atom. The predicted molar refractivity (Wildman–Crippen MR) is 50.0 cm³/mol. The summed E-state index contributed by atoms with van der Waals surface area (Å²) in [6, 6.07) is 4.14. The van der Waals surface area contributed by atoms with Gasteiger partial charge in [-0.2, -0.15) is 5.26 Å². The van der Waals surface area contributed by atoms with E-state index in [9.17, 15) is 0 Å². The fourth-order valence-electron chi connectivity index (χ4n) is 1.63. The third-order valence-corrected chi connectivity index (χ3v) is 2.53. The van der Waals surface area contributed by atoms with E-state index < -0.39 is 0 Å². The van der Waals surface area contributed by atoms with Crippen molar-refractivity contribution < 1.29 is 0 Å². The molecule has 3 heteroatoms. The van der Waals surface area contributed by atoms with Gasteiger partial charge in [0.05, 0.1) is 0 Å². The average Bonchev–Trinajstić information content (AvgIpc) is 2.39. The van der Waals surface area contributed by atoms with Crippen LogP contribution in [0.5, 0.6) is 0 Å². The Morgan fingerprint density at radius 3 is 2.77 bits per heavy atom. The second-order valence-corrected chi connectivity index (χ2v) is 3.59. The summed E-state index contributed by atoms with van der Waals surface area (Å²) in [6.07, 6.45) is 3.36. The molecule has 1 aromatic heterocycles. The zero-order chi connectivity index (χ0) is 9.26. The summed E-state index contributed by atoms with van der Waals surface area (Å²) in [5, 5.41) is 8.75. The molecule has 0 atom stereocenters. The number of hydrogen-bond acceptors (Lipinski definition) is 2. The molecule has 1 saturated heterocycles. The fraction of sp³-hybridized carbons (Fsp3) is 0.500. The van der Waals surface area contributed by atoms with E-state index >= 15 is 0 Å². The molecule has 0 N–H and O–H groups in total. The number of nitriles is 1. The van der Waals surface area contributed by atoms with Crippen LogP contribution in [-0.4, -0.2) is 22.6 Å². The van der Waals surface area contributed by atoms with E-state index in [0.29, 0.717) is 0 Å². The van der Waals surface area contributed by atoms with Gasteiger partial charge in [0, 0.05) is 19.8 Å². The second-order valence-electron chi connectivity index (χ2n) is 3.59. The van der Waals surface area contributed by atoms with Crippen LogP contribution in [0.15, 0.2) is 12.3 Å². The minimum absolute atomic E-state index is 0.746. The maximum atomic E-state index is 8.75. The van der Waals surface area contributed by atoms with Crippen molar-refractivity contribution in [2.24, 2.45) is 7.05 Å². The number of hydrogen-bond donors (Lipinski definition) is 0. The quantitative estimate of drug-likeness (QED) is 0.674. The highest BCUT2D eigenvalue weighted by atomic mass is 15.2. The molecule has 0 amide bonds. The van der Waals surface area contributed by atoms with Gasteiger partial charge in [-0.3, -0.25) is 4.90 Å². The highest BCUT2D eigenvalue weighted by Crippen LogP contribution is 2.13. The van der Waals surface area contributed by atoms with Crippen LogP contribution in [0.2, 0.25) is 0 Å². The Labute approximate surface area is 78.2 Å². The van der Waals surface area contributed by atoms with Crippen molar-refractivity contribution in [2.45, 2.75) is 13.0 Å². The zero-order valence-electron chi connectivity index (χ0n) is 7.82. The highest BCUT2D eigenvalue weighted by Gasteiger charge is 2.14. The molecule has 0 saturated carbocycles. The Balaban J connectivity index is 2.08. The lowest BCUT2D eigenvalue weighted by atomic mass is 10.2. The molecule has 2 rings (SSSR count). The minimum Gasteiger partial charge on any atom is -0.342 e. The second kappa shape index (κ2) is 3.23. The van der Waals surface area contributed by atoms with Gasteiger partial charge in [0.25, 0.3) is 0 Å². The standard InChI is InChI=1S/C10H13N3/c1-12-7-9(5-10(12)6-11)8-13-3-2-4-13/h5,7H,2-4,8H2,1H3. The Morgan fingerprint density at radius 2 is 2.31 bits per heavy atom. The number of nitrogens with zero attached hydrogens (tertiary/aromatic N) is 3. The van der Waals surface area contributed by atoms with E-state index in [2.05, 4.69) is 11.0 Å². The first-order valence-electron chi connectivity index (χ1n) is 4.57. The maximum Gasteiger partial charge on any atom is 0.120 e. The molecule has 13 heavy (non-hydrogen) atoms. The molecule has 1 aliphatic heterocycles. The molecule has 68 valence electrons. The molecule has 3 nitrogen and oxygen atoms in total. The maximum absolute atomic E-state index is 8.75. The van der Waals surface area contributed by atoms with Gasteiger partial charge < -0.3 is 4.57 Å². The molecule has 1 aliphatic rings. The average molecular weight is 175 g/mol. The van der Waals surface area contributed by atoms with Crippen molar-refractivity contribution in [3.8, 4) is 6.07 Å². The molecule has 1 fully saturated rings. The Kier molecular flexibility index (Phi) is 2.07. The number of rotatable bonds is 2. The minimum atomic E-state index is 0.746. The molecule has 1 aromatic rings. The number of aromatic nitrogens is 1. The van der Waals surface area contributed by atoms with E-state index in [4.69, 9.17) is 5.26 Å². The van der Waals surface area contributed by atoms with Gasteiger partial charge >= 0.3 is 0 Å². The van der Waals surface area contributed by atoms with Crippen LogP contribution in [0.1, 0.15) is 17.7 Å². The van der Waals surface area contributed by atoms with Gasteiger partial charge in [-0.15, -0.1) is 0 Å². The highest BCUT2D eigenvalue weighted by molar-refractivity contribution is 5.28. The Bertz CT molecular complexity index is 342. The van der Waals surface area contributed by atoms with Crippen LogP contribution >= 0.6 is 0 Å². The van der Waals surface area contributed by atoms with Crippen LogP contribution in [0, 0.1) is 11.3 Å². The van der Waals surface area contributed by atoms with Crippen LogP contribution < -0.4 is 0 Å². The topological polar surface area (TPSA) is 32.0 Å². The summed E-state index contributed by atoms with van der Waals surface area (Å²) in [4.78, 5) is 2.39. The van der Waals surface area contributed by atoms with Gasteiger partial charge in [-0.1, -0.05) is 0 Å². The lowest BCUT2D eigenvalue weighted by molar-refractivity contribution is 0.172. The summed E-state index contributed by atoms with van der Waals surface area (Å²) in [7, 11) is 1.91. The summed E-state index contributed by atoms with van der Waals surface area (Å²) in [5.74, 6) is 0. The summed E-state index contributed by atoms with van der Waals surface area (Å²) in [5.41, 5.74) is 1.99. The zero-order valence-corrected chi connectivity index (χ0v) is 7.82. The molecular formula is C10H13N3. The first kappa shape index (κ1) is 8.33. The largest absolute Gasteiger partial charge is 0.342 e. The number of aryl methyl sites for hydroxylation is 1. The monoisotopic (exact) mass is 175 g/mol. The molecule has 0 unspecified atom stereocenters. The van der Waals surface area contributed by atoms with Gasteiger partial charge in [0.1, 0.15) is 11.8 Å². The van der Waals surface area contributed by atoms with Gasteiger partial charge in [0.15, 0.2) is 0 Å². The fourth-order valence-corrected chi connectivity index (χ4v) is 1.63. The normalized spacial score (nSPS) is 16.6. The van der Waals surface area contributed by atoms with Crippen molar-refractivity contribution in [3.05, 3.63) is 23.5 Å². The molecule has 0 bridgehead atoms. The van der Waals surface area contributed by atoms with Crippen LogP contribution in [-0.2, 0) is 13.6 Å². The van der Waals surface area contributed by atoms with Gasteiger partial charge in [-0.05, 0) is 31.1 Å². The summed E-state index contributed by atoms with van der Waals surface area (Å²) < 4.78 is 1.88. The van der Waals surface area contributed by atoms with E-state index in [1.807, 2.05) is 23.9 Å². The van der Waals surface area contributed by atoms with E-state index in [0.717, 1.165) is 12.2 Å². The van der Waals surface area contributed by atoms with Crippen molar-refractivity contribution in [1.82, 2.24) is 9.47 Å². The van der Waals surface area contributed by atoms with Crippen molar-refractivity contribution in [3.63, 3.8) is 0 Å². The molecule has 0 radical (unpaired) electrons. The third kappa shape index (κ3) is 1.58.